The van der Waals surface area contributed by atoms with Crippen molar-refractivity contribution in [3.63, 3.8) is 0 Å². The van der Waals surface area contributed by atoms with Gasteiger partial charge in [-0.05, 0) is 31.0 Å². The molecule has 1 aliphatic heterocycles. The number of ether oxygens (including phenoxy) is 3. The molecule has 1 aromatic rings. The van der Waals surface area contributed by atoms with Crippen LogP contribution >= 0.6 is 0 Å². The zero-order chi connectivity index (χ0) is 18.9. The lowest BCUT2D eigenvalue weighted by atomic mass is 10.1. The molecule has 2 amide bonds. The number of aryl methyl sites for hydroxylation is 1. The van der Waals surface area contributed by atoms with E-state index in [0.29, 0.717) is 39.4 Å². The van der Waals surface area contributed by atoms with Gasteiger partial charge in [0.2, 0.25) is 5.91 Å². The van der Waals surface area contributed by atoms with Gasteiger partial charge in [0.05, 0.1) is 13.2 Å². The van der Waals surface area contributed by atoms with Crippen LogP contribution in [0.1, 0.15) is 11.1 Å². The highest BCUT2D eigenvalue weighted by Crippen LogP contribution is 2.20. The Labute approximate surface area is 154 Å². The summed E-state index contributed by atoms with van der Waals surface area (Å²) in [5.41, 5.74) is 2.18. The molecule has 7 nitrogen and oxygen atoms in total. The average Bonchev–Trinajstić information content (AvgIpc) is 2.66. The first-order valence-electron chi connectivity index (χ1n) is 8.84. The van der Waals surface area contributed by atoms with E-state index in [1.54, 1.807) is 16.9 Å². The summed E-state index contributed by atoms with van der Waals surface area (Å²) >= 11 is 0. The molecule has 1 saturated heterocycles. The van der Waals surface area contributed by atoms with Crippen LogP contribution in [-0.2, 0) is 19.1 Å². The molecule has 0 atom stereocenters. The maximum atomic E-state index is 12.3. The van der Waals surface area contributed by atoms with E-state index in [9.17, 15) is 9.59 Å². The van der Waals surface area contributed by atoms with E-state index in [4.69, 9.17) is 14.2 Å². The van der Waals surface area contributed by atoms with Crippen LogP contribution in [0.5, 0.6) is 5.75 Å². The molecule has 0 unspecified atom stereocenters. The Kier molecular flexibility index (Phi) is 7.87. The Balaban J connectivity index is 1.72. The van der Waals surface area contributed by atoms with Gasteiger partial charge in [-0.25, -0.2) is 0 Å². The molecule has 26 heavy (non-hydrogen) atoms. The summed E-state index contributed by atoms with van der Waals surface area (Å²) in [5, 5.41) is 0. The van der Waals surface area contributed by atoms with Gasteiger partial charge in [0.25, 0.3) is 5.91 Å². The van der Waals surface area contributed by atoms with Gasteiger partial charge in [-0.15, -0.1) is 0 Å². The molecule has 0 spiro atoms. The number of carbonyl (C=O) groups is 2. The van der Waals surface area contributed by atoms with E-state index in [0.717, 1.165) is 16.9 Å². The highest BCUT2D eigenvalue weighted by atomic mass is 16.5. The molecular formula is C19H28N2O5. The molecule has 0 bridgehead atoms. The monoisotopic (exact) mass is 364 g/mol. The Bertz CT molecular complexity index is 612. The van der Waals surface area contributed by atoms with Crippen LogP contribution < -0.4 is 4.74 Å². The van der Waals surface area contributed by atoms with Crippen LogP contribution in [-0.4, -0.2) is 81.3 Å². The average molecular weight is 364 g/mol. The molecular weight excluding hydrogens is 336 g/mol. The van der Waals surface area contributed by atoms with E-state index in [1.165, 1.54) is 0 Å². The number of rotatable bonds is 8. The first-order chi connectivity index (χ1) is 12.5. The van der Waals surface area contributed by atoms with Crippen LogP contribution in [0.15, 0.2) is 18.2 Å². The third-order valence-corrected chi connectivity index (χ3v) is 4.55. The minimum absolute atomic E-state index is 0.0123. The van der Waals surface area contributed by atoms with Gasteiger partial charge >= 0.3 is 0 Å². The van der Waals surface area contributed by atoms with Gasteiger partial charge in [0.1, 0.15) is 12.4 Å². The number of methoxy groups -OCH3 is 1. The molecule has 2 rings (SSSR count). The third kappa shape index (κ3) is 5.71. The number of nitrogens with zero attached hydrogens (tertiary/aromatic N) is 2. The van der Waals surface area contributed by atoms with Crippen molar-refractivity contribution < 1.29 is 23.8 Å². The van der Waals surface area contributed by atoms with Crippen LogP contribution in [0, 0.1) is 13.8 Å². The van der Waals surface area contributed by atoms with E-state index < -0.39 is 0 Å². The lowest BCUT2D eigenvalue weighted by Gasteiger charge is -2.34. The summed E-state index contributed by atoms with van der Waals surface area (Å²) in [6.07, 6.45) is 0. The number of benzene rings is 1. The van der Waals surface area contributed by atoms with Gasteiger partial charge in [0.15, 0.2) is 6.61 Å². The Hall–Kier alpha value is -2.12. The molecule has 0 N–H and O–H groups in total. The van der Waals surface area contributed by atoms with E-state index >= 15 is 0 Å². The molecule has 0 radical (unpaired) electrons. The maximum Gasteiger partial charge on any atom is 0.260 e. The molecule has 7 heteroatoms. The minimum Gasteiger partial charge on any atom is -0.483 e. The Morgan fingerprint density at radius 2 is 1.58 bits per heavy atom. The predicted octanol–water partition coefficient (Wildman–Crippen LogP) is 1.02. The fourth-order valence-electron chi connectivity index (χ4n) is 2.71. The van der Waals surface area contributed by atoms with Crippen LogP contribution in [0.3, 0.4) is 0 Å². The molecule has 1 heterocycles. The van der Waals surface area contributed by atoms with E-state index in [2.05, 4.69) is 0 Å². The van der Waals surface area contributed by atoms with Crippen molar-refractivity contribution in [1.82, 2.24) is 9.80 Å². The number of hydrogen-bond acceptors (Lipinski definition) is 5. The third-order valence-electron chi connectivity index (χ3n) is 4.55. The summed E-state index contributed by atoms with van der Waals surface area (Å²) in [4.78, 5) is 27.9. The molecule has 0 aliphatic carbocycles. The van der Waals surface area contributed by atoms with Crippen molar-refractivity contribution in [2.24, 2.45) is 0 Å². The molecule has 1 aromatic carbocycles. The second kappa shape index (κ2) is 10.1. The van der Waals surface area contributed by atoms with Gasteiger partial charge in [-0.3, -0.25) is 9.59 Å². The highest BCUT2D eigenvalue weighted by Gasteiger charge is 2.24. The molecule has 1 fully saturated rings. The van der Waals surface area contributed by atoms with Crippen molar-refractivity contribution in [1.29, 1.82) is 0 Å². The first-order valence-corrected chi connectivity index (χ1v) is 8.84. The van der Waals surface area contributed by atoms with Crippen LogP contribution in [0.25, 0.3) is 0 Å². The predicted molar refractivity (Wildman–Crippen MR) is 97.3 cm³/mol. The van der Waals surface area contributed by atoms with Crippen molar-refractivity contribution in [2.45, 2.75) is 13.8 Å². The second-order valence-corrected chi connectivity index (χ2v) is 6.29. The number of piperazine rings is 1. The number of hydrogen-bond donors (Lipinski definition) is 0. The molecule has 0 saturated carbocycles. The highest BCUT2D eigenvalue weighted by molar-refractivity contribution is 5.80. The number of amides is 2. The zero-order valence-electron chi connectivity index (χ0n) is 15.8. The van der Waals surface area contributed by atoms with Crippen molar-refractivity contribution in [3.05, 3.63) is 29.3 Å². The zero-order valence-corrected chi connectivity index (χ0v) is 15.8. The molecule has 144 valence electrons. The molecule has 0 aromatic heterocycles. The van der Waals surface area contributed by atoms with Gasteiger partial charge < -0.3 is 24.0 Å². The van der Waals surface area contributed by atoms with Gasteiger partial charge in [-0.2, -0.15) is 0 Å². The van der Waals surface area contributed by atoms with Crippen LogP contribution in [0.4, 0.5) is 0 Å². The fraction of sp³-hybridized carbons (Fsp3) is 0.579. The Morgan fingerprint density at radius 1 is 0.962 bits per heavy atom. The topological polar surface area (TPSA) is 68.3 Å². The largest absolute Gasteiger partial charge is 0.483 e. The smallest absolute Gasteiger partial charge is 0.260 e. The minimum atomic E-state index is -0.0608. The van der Waals surface area contributed by atoms with Crippen molar-refractivity contribution in [3.8, 4) is 5.75 Å². The fourth-order valence-corrected chi connectivity index (χ4v) is 2.71. The summed E-state index contributed by atoms with van der Waals surface area (Å²) < 4.78 is 15.8. The first kappa shape index (κ1) is 20.2. The second-order valence-electron chi connectivity index (χ2n) is 6.29. The Morgan fingerprint density at radius 3 is 2.19 bits per heavy atom. The van der Waals surface area contributed by atoms with Gasteiger partial charge in [-0.1, -0.05) is 12.1 Å². The standard InChI is InChI=1S/C19H28N2O5/c1-15-5-4-6-17(16(15)2)26-14-19(23)21-9-7-20(8-10-21)18(22)13-25-12-11-24-3/h4-6H,7-14H2,1-3H3. The number of carbonyl (C=O) groups excluding carboxylic acids is 2. The molecule has 1 aliphatic rings. The summed E-state index contributed by atoms with van der Waals surface area (Å²) in [6.45, 7) is 6.98. The van der Waals surface area contributed by atoms with Crippen molar-refractivity contribution >= 4 is 11.8 Å². The lowest BCUT2D eigenvalue weighted by Crippen LogP contribution is -2.52. The quantitative estimate of drug-likeness (QED) is 0.644. The van der Waals surface area contributed by atoms with Gasteiger partial charge in [0, 0.05) is 33.3 Å². The SMILES string of the molecule is COCCOCC(=O)N1CCN(C(=O)COc2cccc(C)c2C)CC1. The van der Waals surface area contributed by atoms with Crippen molar-refractivity contribution in [2.75, 3.05) is 59.7 Å². The van der Waals surface area contributed by atoms with Crippen LogP contribution in [0.2, 0.25) is 0 Å². The summed E-state index contributed by atoms with van der Waals surface area (Å²) in [5.74, 6) is 0.620. The lowest BCUT2D eigenvalue weighted by molar-refractivity contribution is -0.143. The maximum absolute atomic E-state index is 12.3. The van der Waals surface area contributed by atoms with E-state index in [1.807, 2.05) is 32.0 Å². The summed E-state index contributed by atoms with van der Waals surface area (Å²) in [6, 6.07) is 5.80. The van der Waals surface area contributed by atoms with E-state index in [-0.39, 0.29) is 25.0 Å². The normalized spacial score (nSPS) is 14.4. The summed E-state index contributed by atoms with van der Waals surface area (Å²) in [7, 11) is 1.59.